The summed E-state index contributed by atoms with van der Waals surface area (Å²) in [4.78, 5) is 32.6. The molecular weight excluding hydrogens is 509 g/mol. The zero-order valence-electron chi connectivity index (χ0n) is 22.1. The van der Waals surface area contributed by atoms with Gasteiger partial charge < -0.3 is 25.4 Å². The number of nitrogens with one attached hydrogen (secondary N) is 1. The van der Waals surface area contributed by atoms with Gasteiger partial charge in [0, 0.05) is 24.6 Å². The number of aromatic nitrogens is 4. The van der Waals surface area contributed by atoms with Crippen LogP contribution < -0.4 is 5.32 Å². The number of esters is 1. The Kier molecular flexibility index (Phi) is 9.85. The van der Waals surface area contributed by atoms with Crippen molar-refractivity contribution in [2.24, 2.45) is 7.05 Å². The van der Waals surface area contributed by atoms with Gasteiger partial charge in [0.2, 0.25) is 5.95 Å². The van der Waals surface area contributed by atoms with Crippen LogP contribution in [0.3, 0.4) is 0 Å². The molecule has 0 radical (unpaired) electrons. The molecule has 0 aliphatic heterocycles. The van der Waals surface area contributed by atoms with Gasteiger partial charge in [-0.25, -0.2) is 19.2 Å². The van der Waals surface area contributed by atoms with Gasteiger partial charge in [-0.1, -0.05) is 26.0 Å². The van der Waals surface area contributed by atoms with E-state index in [4.69, 9.17) is 9.84 Å². The van der Waals surface area contributed by atoms with Gasteiger partial charge in [-0.3, -0.25) is 9.48 Å². The molecule has 12 heteroatoms. The highest BCUT2D eigenvalue weighted by Gasteiger charge is 2.22. The molecule has 11 nitrogen and oxygen atoms in total. The molecule has 0 fully saturated rings. The highest BCUT2D eigenvalue weighted by molar-refractivity contribution is 5.95. The van der Waals surface area contributed by atoms with Gasteiger partial charge in [-0.05, 0) is 37.1 Å². The van der Waals surface area contributed by atoms with Crippen molar-refractivity contribution >= 4 is 29.8 Å². The number of hydrogen-bond donors (Lipinski definition) is 4. The number of halogens is 1. The third kappa shape index (κ3) is 7.68. The average Bonchev–Trinajstić information content (AvgIpc) is 3.22. The first kappa shape index (κ1) is 29.4. The van der Waals surface area contributed by atoms with E-state index < -0.39 is 36.4 Å². The van der Waals surface area contributed by atoms with E-state index in [-0.39, 0.29) is 30.5 Å². The van der Waals surface area contributed by atoms with E-state index in [0.717, 1.165) is 0 Å². The number of rotatable bonds is 12. The average molecular weight is 542 g/mol. The molecule has 0 aliphatic rings. The molecule has 0 saturated carbocycles. The highest BCUT2D eigenvalue weighted by Crippen LogP contribution is 2.32. The van der Waals surface area contributed by atoms with Crippen molar-refractivity contribution in [1.29, 1.82) is 0 Å². The standard InChI is InChI=1S/C27H32FN5O6/c1-5-39-26(38)21-14-29-33(4)25(21)32-27-30-23(15(2)3)20(11-10-18(34)12-19(35)13-22(36)37)24(31-27)16-6-8-17(28)9-7-16/h6-11,14-15,18-19,34-35H,5,12-13H2,1-4H3,(H,36,37)(H,30,31,32)/t18-,19-/m1/s1. The summed E-state index contributed by atoms with van der Waals surface area (Å²) in [5.74, 6) is -1.81. The number of ether oxygens (including phenoxy) is 1. The molecule has 0 spiro atoms. The first-order valence-corrected chi connectivity index (χ1v) is 12.4. The number of aliphatic carboxylic acids is 1. The van der Waals surface area contributed by atoms with Crippen LogP contribution >= 0.6 is 0 Å². The molecule has 2 atom stereocenters. The summed E-state index contributed by atoms with van der Waals surface area (Å²) in [7, 11) is 1.65. The molecule has 2 aromatic heterocycles. The van der Waals surface area contributed by atoms with E-state index in [9.17, 15) is 24.2 Å². The number of carbonyl (C=O) groups excluding carboxylic acids is 1. The minimum absolute atomic E-state index is 0.127. The Morgan fingerprint density at radius 1 is 1.18 bits per heavy atom. The van der Waals surface area contributed by atoms with Crippen LogP contribution in [0.25, 0.3) is 17.3 Å². The molecule has 0 saturated heterocycles. The van der Waals surface area contributed by atoms with Crippen molar-refractivity contribution in [3.63, 3.8) is 0 Å². The molecule has 0 unspecified atom stereocenters. The van der Waals surface area contributed by atoms with Crippen molar-refractivity contribution in [3.8, 4) is 11.3 Å². The van der Waals surface area contributed by atoms with Gasteiger partial charge in [0.25, 0.3) is 0 Å². The lowest BCUT2D eigenvalue weighted by Crippen LogP contribution is -2.19. The number of carbonyl (C=O) groups is 2. The fourth-order valence-corrected chi connectivity index (χ4v) is 3.87. The largest absolute Gasteiger partial charge is 0.481 e. The lowest BCUT2D eigenvalue weighted by Gasteiger charge is -2.17. The molecule has 0 bridgehead atoms. The fourth-order valence-electron chi connectivity index (χ4n) is 3.87. The Balaban J connectivity index is 2.09. The third-order valence-electron chi connectivity index (χ3n) is 5.71. The van der Waals surface area contributed by atoms with Crippen LogP contribution in [0, 0.1) is 5.82 Å². The van der Waals surface area contributed by atoms with Crippen molar-refractivity contribution in [2.45, 2.75) is 51.7 Å². The van der Waals surface area contributed by atoms with E-state index in [1.807, 2.05) is 13.8 Å². The number of carboxylic acids is 1. The number of aliphatic hydroxyl groups excluding tert-OH is 2. The normalized spacial score (nSPS) is 13.0. The van der Waals surface area contributed by atoms with Crippen LogP contribution in [0.2, 0.25) is 0 Å². The maximum absolute atomic E-state index is 13.7. The molecule has 3 aromatic rings. The van der Waals surface area contributed by atoms with Crippen molar-refractivity contribution in [1.82, 2.24) is 19.7 Å². The number of hydrogen-bond acceptors (Lipinski definition) is 9. The van der Waals surface area contributed by atoms with Crippen LogP contribution in [-0.4, -0.2) is 65.8 Å². The van der Waals surface area contributed by atoms with Crippen molar-refractivity contribution in [3.05, 3.63) is 59.2 Å². The number of carboxylic acid groups (broad SMARTS) is 1. The number of aryl methyl sites for hydroxylation is 1. The minimum atomic E-state index is -1.22. The smallest absolute Gasteiger partial charge is 0.343 e. The van der Waals surface area contributed by atoms with Gasteiger partial charge in [0.15, 0.2) is 0 Å². The predicted molar refractivity (Wildman–Crippen MR) is 142 cm³/mol. The first-order chi connectivity index (χ1) is 18.5. The van der Waals surface area contributed by atoms with Crippen LogP contribution in [0.1, 0.15) is 61.1 Å². The van der Waals surface area contributed by atoms with Crippen LogP contribution in [0.15, 0.2) is 36.5 Å². The summed E-state index contributed by atoms with van der Waals surface area (Å²) in [5.41, 5.74) is 2.32. The summed E-state index contributed by atoms with van der Waals surface area (Å²) in [5, 5.41) is 36.3. The maximum atomic E-state index is 13.7. The Bertz CT molecular complexity index is 1340. The molecule has 39 heavy (non-hydrogen) atoms. The Morgan fingerprint density at radius 2 is 1.87 bits per heavy atom. The fraction of sp³-hybridized carbons (Fsp3) is 0.370. The number of benzene rings is 1. The molecule has 2 heterocycles. The molecule has 4 N–H and O–H groups in total. The zero-order valence-corrected chi connectivity index (χ0v) is 22.1. The van der Waals surface area contributed by atoms with Crippen LogP contribution in [-0.2, 0) is 16.6 Å². The summed E-state index contributed by atoms with van der Waals surface area (Å²) in [6.07, 6.45) is 1.37. The Labute approximate surface area is 225 Å². The minimum Gasteiger partial charge on any atom is -0.481 e. The monoisotopic (exact) mass is 541 g/mol. The summed E-state index contributed by atoms with van der Waals surface area (Å²) >= 11 is 0. The van der Waals surface area contributed by atoms with Crippen LogP contribution in [0.4, 0.5) is 16.2 Å². The van der Waals surface area contributed by atoms with Gasteiger partial charge >= 0.3 is 11.9 Å². The molecule has 0 amide bonds. The maximum Gasteiger partial charge on any atom is 0.343 e. The molecular formula is C27H32FN5O6. The SMILES string of the molecule is CCOC(=O)c1cnn(C)c1Nc1nc(-c2ccc(F)cc2)c(C=C[C@@H](O)C[C@@H](O)CC(=O)O)c(C(C)C)n1. The Morgan fingerprint density at radius 3 is 2.49 bits per heavy atom. The van der Waals surface area contributed by atoms with Crippen LogP contribution in [0.5, 0.6) is 0 Å². The quantitative estimate of drug-likeness (QED) is 0.249. The molecule has 208 valence electrons. The van der Waals surface area contributed by atoms with Gasteiger partial charge in [0.05, 0.1) is 42.8 Å². The second-order valence-electron chi connectivity index (χ2n) is 9.15. The predicted octanol–water partition coefficient (Wildman–Crippen LogP) is 3.66. The number of anilines is 2. The van der Waals surface area contributed by atoms with Gasteiger partial charge in [-0.2, -0.15) is 5.10 Å². The van der Waals surface area contributed by atoms with E-state index in [2.05, 4.69) is 20.4 Å². The Hall–Kier alpha value is -4.16. The topological polar surface area (TPSA) is 160 Å². The highest BCUT2D eigenvalue weighted by atomic mass is 19.1. The van der Waals surface area contributed by atoms with Crippen molar-refractivity contribution in [2.75, 3.05) is 11.9 Å². The zero-order chi connectivity index (χ0) is 28.7. The molecule has 0 aliphatic carbocycles. The van der Waals surface area contributed by atoms with E-state index in [1.54, 1.807) is 32.2 Å². The van der Waals surface area contributed by atoms with E-state index in [0.29, 0.717) is 28.3 Å². The second kappa shape index (κ2) is 13.1. The van der Waals surface area contributed by atoms with E-state index in [1.165, 1.54) is 29.1 Å². The molecule has 1 aromatic carbocycles. The second-order valence-corrected chi connectivity index (χ2v) is 9.15. The lowest BCUT2D eigenvalue weighted by molar-refractivity contribution is -0.139. The lowest BCUT2D eigenvalue weighted by atomic mass is 9.97. The summed E-state index contributed by atoms with van der Waals surface area (Å²) in [6.45, 7) is 5.72. The number of aliphatic hydroxyl groups is 2. The summed E-state index contributed by atoms with van der Waals surface area (Å²) < 4.78 is 20.3. The third-order valence-corrected chi connectivity index (χ3v) is 5.71. The number of nitrogens with zero attached hydrogens (tertiary/aromatic N) is 4. The molecule has 3 rings (SSSR count). The van der Waals surface area contributed by atoms with Gasteiger partial charge in [-0.15, -0.1) is 0 Å². The van der Waals surface area contributed by atoms with E-state index >= 15 is 0 Å². The summed E-state index contributed by atoms with van der Waals surface area (Å²) in [6, 6.07) is 5.71. The first-order valence-electron chi connectivity index (χ1n) is 12.4. The van der Waals surface area contributed by atoms with Gasteiger partial charge in [0.1, 0.15) is 17.2 Å². The van der Waals surface area contributed by atoms with Crippen molar-refractivity contribution < 1.29 is 34.0 Å².